The number of esters is 2. The van der Waals surface area contributed by atoms with Crippen LogP contribution < -0.4 is 9.47 Å². The molecule has 11 heteroatoms. The molecule has 0 spiro atoms. The number of furan rings is 1. The van der Waals surface area contributed by atoms with Crippen molar-refractivity contribution in [2.75, 3.05) is 0 Å². The first-order valence-corrected chi connectivity index (χ1v) is 22.1. The third kappa shape index (κ3) is 10.3. The molecule has 0 unspecified atom stereocenters. The maximum atomic E-state index is 12.0. The molecule has 5 heterocycles. The fourth-order valence-corrected chi connectivity index (χ4v) is 8.09. The second kappa shape index (κ2) is 19.7. The largest absolute Gasteiger partial charge is 0.469 e. The van der Waals surface area contributed by atoms with Crippen LogP contribution in [0.1, 0.15) is 70.2 Å². The summed E-state index contributed by atoms with van der Waals surface area (Å²) in [6.45, 7) is 6.98. The predicted octanol–water partition coefficient (Wildman–Crippen LogP) is 11.2. The number of aryl methyl sites for hydroxylation is 2. The fraction of sp³-hybridized carbons (Fsp3) is 0.143. The Bertz CT molecular complexity index is 3330. The van der Waals surface area contributed by atoms with E-state index in [9.17, 15) is 9.59 Å². The molecule has 10 rings (SSSR count). The Balaban J connectivity index is 0.000000168. The maximum absolute atomic E-state index is 12.0. The Morgan fingerprint density at radius 1 is 0.507 bits per heavy atom. The van der Waals surface area contributed by atoms with E-state index in [-0.39, 0.29) is 5.97 Å². The molecule has 0 saturated heterocycles. The number of ether oxygens (including phenoxy) is 2. The molecule has 0 bridgehead atoms. The van der Waals surface area contributed by atoms with Crippen LogP contribution in [0.25, 0.3) is 33.8 Å². The number of fused-ring (bicyclic) bond motifs is 2. The van der Waals surface area contributed by atoms with E-state index < -0.39 is 5.97 Å². The molecule has 0 radical (unpaired) electrons. The number of rotatable bonds is 12. The summed E-state index contributed by atoms with van der Waals surface area (Å²) in [7, 11) is 0. The van der Waals surface area contributed by atoms with E-state index in [2.05, 4.69) is 50.2 Å². The standard InChI is InChI=1S/C29H25N3O2.C27H23N3O3/c1-20-10-9-13-23(16-20)18-25-28-31-26(17-22-11-5-3-6-12-22)29(34-21(2)33)32(28)19-27(30-25)24-14-7-4-8-15-24;1-18-9-6-7-12-21(18)15-23-26-29-24(16-22-13-8-14-32-22)27(33-19(2)31)30(26)17-25(28-23)20-10-4-3-5-11-20/h3-16,19H,17-18H2,1-2H3;3-14,17H,15-16H2,1-2H3. The number of nitrogens with zero attached hydrogens (tertiary/aromatic N) is 6. The fourth-order valence-electron chi connectivity index (χ4n) is 8.09. The van der Waals surface area contributed by atoms with Gasteiger partial charge in [-0.2, -0.15) is 0 Å². The van der Waals surface area contributed by atoms with Crippen LogP contribution in [0.15, 0.2) is 175 Å². The van der Waals surface area contributed by atoms with Crippen LogP contribution in [0.4, 0.5) is 0 Å². The van der Waals surface area contributed by atoms with Gasteiger partial charge in [0, 0.05) is 56.6 Å². The number of imidazole rings is 2. The Morgan fingerprint density at radius 2 is 1.01 bits per heavy atom. The summed E-state index contributed by atoms with van der Waals surface area (Å²) in [5.41, 5.74) is 13.7. The molecule has 0 N–H and O–H groups in total. The highest BCUT2D eigenvalue weighted by molar-refractivity contribution is 5.72. The quantitative estimate of drug-likeness (QED) is 0.110. The van der Waals surface area contributed by atoms with E-state index >= 15 is 0 Å². The normalized spacial score (nSPS) is 11.0. The average molecular weight is 885 g/mol. The Morgan fingerprint density at radius 3 is 1.55 bits per heavy atom. The van der Waals surface area contributed by atoms with Crippen LogP contribution in [0.3, 0.4) is 0 Å². The van der Waals surface area contributed by atoms with Crippen molar-refractivity contribution in [1.29, 1.82) is 0 Å². The maximum Gasteiger partial charge on any atom is 0.309 e. The van der Waals surface area contributed by atoms with E-state index in [0.717, 1.165) is 50.8 Å². The lowest BCUT2D eigenvalue weighted by Crippen LogP contribution is -2.07. The molecule has 67 heavy (non-hydrogen) atoms. The minimum absolute atomic E-state index is 0.380. The van der Waals surface area contributed by atoms with Crippen molar-refractivity contribution < 1.29 is 23.5 Å². The number of hydrogen-bond donors (Lipinski definition) is 0. The summed E-state index contributed by atoms with van der Waals surface area (Å²) in [6.07, 6.45) is 7.58. The van der Waals surface area contributed by atoms with Gasteiger partial charge in [-0.1, -0.05) is 145 Å². The average Bonchev–Trinajstić information content (AvgIpc) is 4.06. The van der Waals surface area contributed by atoms with Gasteiger partial charge in [0.15, 0.2) is 11.3 Å². The first-order valence-electron chi connectivity index (χ1n) is 22.1. The molecule has 0 atom stereocenters. The highest BCUT2D eigenvalue weighted by atomic mass is 16.5. The lowest BCUT2D eigenvalue weighted by molar-refractivity contribution is -0.133. The third-order valence-electron chi connectivity index (χ3n) is 11.2. The van der Waals surface area contributed by atoms with Gasteiger partial charge in [0.2, 0.25) is 11.8 Å². The van der Waals surface area contributed by atoms with Crippen molar-refractivity contribution in [2.24, 2.45) is 0 Å². The van der Waals surface area contributed by atoms with Crippen molar-refractivity contribution in [3.05, 3.63) is 227 Å². The summed E-state index contributed by atoms with van der Waals surface area (Å²) in [4.78, 5) is 43.8. The molecule has 5 aromatic heterocycles. The van der Waals surface area contributed by atoms with Crippen molar-refractivity contribution >= 4 is 23.2 Å². The molecule has 5 aromatic carbocycles. The number of benzene rings is 5. The van der Waals surface area contributed by atoms with Gasteiger partial charge in [-0.25, -0.2) is 19.9 Å². The van der Waals surface area contributed by atoms with Gasteiger partial charge in [-0.05, 0) is 48.2 Å². The molecule has 0 fully saturated rings. The molecule has 0 amide bonds. The molecule has 10 aromatic rings. The van der Waals surface area contributed by atoms with Crippen LogP contribution in [0, 0.1) is 13.8 Å². The highest BCUT2D eigenvalue weighted by Crippen LogP contribution is 2.32. The molecule has 0 saturated carbocycles. The van der Waals surface area contributed by atoms with E-state index in [4.69, 9.17) is 33.8 Å². The minimum atomic E-state index is -0.406. The van der Waals surface area contributed by atoms with E-state index in [1.165, 1.54) is 30.5 Å². The van der Waals surface area contributed by atoms with Gasteiger partial charge < -0.3 is 13.9 Å². The van der Waals surface area contributed by atoms with Crippen molar-refractivity contribution in [2.45, 2.75) is 53.4 Å². The van der Waals surface area contributed by atoms with Crippen LogP contribution in [-0.2, 0) is 35.3 Å². The van der Waals surface area contributed by atoms with Crippen LogP contribution in [0.2, 0.25) is 0 Å². The molecule has 11 nitrogen and oxygen atoms in total. The van der Waals surface area contributed by atoms with Crippen LogP contribution >= 0.6 is 0 Å². The predicted molar refractivity (Wildman–Crippen MR) is 258 cm³/mol. The van der Waals surface area contributed by atoms with Gasteiger partial charge in [-0.3, -0.25) is 18.4 Å². The van der Waals surface area contributed by atoms with Gasteiger partial charge in [0.25, 0.3) is 0 Å². The molecular weight excluding hydrogens is 837 g/mol. The zero-order valence-electron chi connectivity index (χ0n) is 37.7. The van der Waals surface area contributed by atoms with Crippen molar-refractivity contribution in [3.63, 3.8) is 0 Å². The second-order valence-corrected chi connectivity index (χ2v) is 16.4. The van der Waals surface area contributed by atoms with Crippen molar-refractivity contribution in [1.82, 2.24) is 28.7 Å². The van der Waals surface area contributed by atoms with E-state index in [1.807, 2.05) is 136 Å². The lowest BCUT2D eigenvalue weighted by Gasteiger charge is -2.11. The monoisotopic (exact) mass is 884 g/mol. The molecule has 0 aliphatic carbocycles. The van der Waals surface area contributed by atoms with Gasteiger partial charge in [0.1, 0.15) is 17.1 Å². The molecule has 332 valence electrons. The highest BCUT2D eigenvalue weighted by Gasteiger charge is 2.23. The minimum Gasteiger partial charge on any atom is -0.469 e. The number of aromatic nitrogens is 6. The summed E-state index contributed by atoms with van der Waals surface area (Å²) in [6, 6.07) is 50.4. The number of hydrogen-bond acceptors (Lipinski definition) is 9. The summed E-state index contributed by atoms with van der Waals surface area (Å²) < 4.78 is 20.6. The van der Waals surface area contributed by atoms with E-state index in [0.29, 0.717) is 60.1 Å². The zero-order chi connectivity index (χ0) is 46.3. The Labute approximate surface area is 388 Å². The molecule has 0 aliphatic rings. The van der Waals surface area contributed by atoms with Gasteiger partial charge >= 0.3 is 11.9 Å². The van der Waals surface area contributed by atoms with Gasteiger partial charge in [-0.15, -0.1) is 0 Å². The smallest absolute Gasteiger partial charge is 0.309 e. The van der Waals surface area contributed by atoms with Crippen LogP contribution in [-0.4, -0.2) is 40.7 Å². The summed E-state index contributed by atoms with van der Waals surface area (Å²) in [5.74, 6) is 0.782. The molecule has 0 aliphatic heterocycles. The zero-order valence-corrected chi connectivity index (χ0v) is 37.7. The molecular formula is C56H48N6O5. The van der Waals surface area contributed by atoms with Crippen molar-refractivity contribution in [3.8, 4) is 34.3 Å². The Hall–Kier alpha value is -8.44. The lowest BCUT2D eigenvalue weighted by atomic mass is 10.0. The third-order valence-corrected chi connectivity index (χ3v) is 11.2. The topological polar surface area (TPSA) is 126 Å². The first-order chi connectivity index (χ1) is 32.6. The SMILES string of the molecule is CC(=O)Oc1c(Cc2ccccc2)nc2c(Cc3cccc(C)c3)nc(-c3ccccc3)cn12.CC(=O)Oc1c(Cc2ccco2)nc2c(Cc3ccccc3C)nc(-c3ccccc3)cn12. The van der Waals surface area contributed by atoms with E-state index in [1.54, 1.807) is 6.26 Å². The Kier molecular flexibility index (Phi) is 12.9. The number of carbonyl (C=O) groups is 2. The summed E-state index contributed by atoms with van der Waals surface area (Å²) in [5, 5.41) is 0. The number of carbonyl (C=O) groups excluding carboxylic acids is 2. The van der Waals surface area contributed by atoms with Gasteiger partial charge in [0.05, 0.1) is 35.5 Å². The first kappa shape index (κ1) is 43.8. The summed E-state index contributed by atoms with van der Waals surface area (Å²) >= 11 is 0. The second-order valence-electron chi connectivity index (χ2n) is 16.4. The van der Waals surface area contributed by atoms with Crippen LogP contribution in [0.5, 0.6) is 11.8 Å².